The van der Waals surface area contributed by atoms with E-state index in [1.54, 1.807) is 41.3 Å². The number of anilines is 1. The van der Waals surface area contributed by atoms with Crippen molar-refractivity contribution < 1.29 is 18.0 Å². The molecule has 1 aliphatic rings. The van der Waals surface area contributed by atoms with E-state index in [1.165, 1.54) is 4.31 Å². The Morgan fingerprint density at radius 3 is 2.32 bits per heavy atom. The molecule has 0 spiro atoms. The maximum atomic E-state index is 13.5. The summed E-state index contributed by atoms with van der Waals surface area (Å²) >= 11 is 12.1. The second-order valence-corrected chi connectivity index (χ2v) is 12.3. The monoisotopic (exact) mass is 567 g/mol. The van der Waals surface area contributed by atoms with Gasteiger partial charge < -0.3 is 10.2 Å². The number of hydrogen-bond donors (Lipinski definition) is 1. The van der Waals surface area contributed by atoms with Crippen molar-refractivity contribution in [2.45, 2.75) is 70.5 Å². The van der Waals surface area contributed by atoms with E-state index >= 15 is 0 Å². The second kappa shape index (κ2) is 13.5. The van der Waals surface area contributed by atoms with Crippen molar-refractivity contribution >= 4 is 50.7 Å². The molecule has 0 radical (unpaired) electrons. The van der Waals surface area contributed by atoms with Crippen LogP contribution in [0, 0.1) is 0 Å². The van der Waals surface area contributed by atoms with Crippen molar-refractivity contribution in [1.29, 1.82) is 0 Å². The summed E-state index contributed by atoms with van der Waals surface area (Å²) in [6.07, 6.45) is 6.08. The molecule has 0 saturated heterocycles. The average Bonchev–Trinajstić information content (AvgIpc) is 3.35. The number of hydrogen-bond acceptors (Lipinski definition) is 4. The number of sulfonamides is 1. The molecule has 10 heteroatoms. The molecule has 0 aromatic heterocycles. The molecule has 1 saturated carbocycles. The molecule has 0 heterocycles. The number of amides is 2. The molecule has 202 valence electrons. The highest BCUT2D eigenvalue weighted by molar-refractivity contribution is 7.92. The summed E-state index contributed by atoms with van der Waals surface area (Å²) in [6, 6.07) is 13.3. The highest BCUT2D eigenvalue weighted by atomic mass is 35.5. The number of benzene rings is 2. The number of nitrogens with zero attached hydrogens (tertiary/aromatic N) is 2. The van der Waals surface area contributed by atoms with Gasteiger partial charge in [-0.2, -0.15) is 0 Å². The minimum atomic E-state index is -3.58. The summed E-state index contributed by atoms with van der Waals surface area (Å²) in [5.41, 5.74) is 1.31. The van der Waals surface area contributed by atoms with Gasteiger partial charge in [-0.3, -0.25) is 13.9 Å². The Hall–Kier alpha value is -2.29. The van der Waals surface area contributed by atoms with E-state index < -0.39 is 16.1 Å². The van der Waals surface area contributed by atoms with Crippen LogP contribution in [-0.4, -0.2) is 50.0 Å². The van der Waals surface area contributed by atoms with Gasteiger partial charge in [0, 0.05) is 35.6 Å². The lowest BCUT2D eigenvalue weighted by molar-refractivity contribution is -0.141. The van der Waals surface area contributed by atoms with E-state index in [4.69, 9.17) is 23.2 Å². The zero-order valence-electron chi connectivity index (χ0n) is 21.3. The molecule has 1 atom stereocenters. The molecule has 0 bridgehead atoms. The van der Waals surface area contributed by atoms with Crippen molar-refractivity contribution in [3.63, 3.8) is 0 Å². The lowest BCUT2D eigenvalue weighted by Crippen LogP contribution is -2.51. The number of rotatable bonds is 12. The van der Waals surface area contributed by atoms with Gasteiger partial charge in [-0.15, -0.1) is 0 Å². The molecule has 1 fully saturated rings. The van der Waals surface area contributed by atoms with Crippen LogP contribution in [0.25, 0.3) is 0 Å². The van der Waals surface area contributed by atoms with Crippen LogP contribution < -0.4 is 9.62 Å². The van der Waals surface area contributed by atoms with Crippen LogP contribution in [0.2, 0.25) is 10.0 Å². The third-order valence-electron chi connectivity index (χ3n) is 6.60. The van der Waals surface area contributed by atoms with Crippen molar-refractivity contribution in [2.75, 3.05) is 17.1 Å². The van der Waals surface area contributed by atoms with E-state index in [0.29, 0.717) is 22.2 Å². The fourth-order valence-electron chi connectivity index (χ4n) is 4.71. The zero-order valence-corrected chi connectivity index (χ0v) is 23.7. The highest BCUT2D eigenvalue weighted by Crippen LogP contribution is 2.23. The molecule has 7 nitrogen and oxygen atoms in total. The zero-order chi connectivity index (χ0) is 27.0. The molecule has 1 N–H and O–H groups in total. The van der Waals surface area contributed by atoms with E-state index in [0.717, 1.165) is 37.5 Å². The lowest BCUT2D eigenvalue weighted by Gasteiger charge is -2.32. The predicted molar refractivity (Wildman–Crippen MR) is 149 cm³/mol. The van der Waals surface area contributed by atoms with Gasteiger partial charge in [0.15, 0.2) is 0 Å². The van der Waals surface area contributed by atoms with Crippen molar-refractivity contribution in [3.05, 3.63) is 64.1 Å². The summed E-state index contributed by atoms with van der Waals surface area (Å²) in [5, 5.41) is 4.15. The second-order valence-electron chi connectivity index (χ2n) is 9.48. The van der Waals surface area contributed by atoms with E-state index in [2.05, 4.69) is 5.32 Å². The lowest BCUT2D eigenvalue weighted by atomic mass is 10.1. The van der Waals surface area contributed by atoms with Crippen LogP contribution in [0.3, 0.4) is 0 Å². The first-order valence-corrected chi connectivity index (χ1v) is 15.3. The van der Waals surface area contributed by atoms with E-state index in [1.807, 2.05) is 19.1 Å². The summed E-state index contributed by atoms with van der Waals surface area (Å²) < 4.78 is 26.2. The molecule has 2 aromatic carbocycles. The van der Waals surface area contributed by atoms with Crippen molar-refractivity contribution in [2.24, 2.45) is 0 Å². The van der Waals surface area contributed by atoms with E-state index in [9.17, 15) is 18.0 Å². The Bertz CT molecular complexity index is 1170. The maximum Gasteiger partial charge on any atom is 0.243 e. The van der Waals surface area contributed by atoms with Gasteiger partial charge >= 0.3 is 0 Å². The Morgan fingerprint density at radius 2 is 1.73 bits per heavy atom. The standard InChI is InChI=1S/C27H35Cl2N3O4S/c1-3-25(27(34)30-23-9-4-5-10-23)31(19-20-13-15-21(28)16-14-20)26(33)12-7-17-32(37(2,35)36)24-11-6-8-22(29)18-24/h6,8,11,13-16,18,23,25H,3-5,7,9-10,12,17,19H2,1-2H3,(H,30,34)/t25-/m1/s1. The smallest absolute Gasteiger partial charge is 0.243 e. The molecule has 2 aromatic rings. The number of nitrogens with one attached hydrogen (secondary N) is 1. The molecule has 37 heavy (non-hydrogen) atoms. The molecule has 0 unspecified atom stereocenters. The molecule has 1 aliphatic carbocycles. The van der Waals surface area contributed by atoms with Gasteiger partial charge in [0.2, 0.25) is 21.8 Å². The Morgan fingerprint density at radius 1 is 1.05 bits per heavy atom. The molecular formula is C27H35Cl2N3O4S. The molecule has 0 aliphatic heterocycles. The summed E-state index contributed by atoms with van der Waals surface area (Å²) in [4.78, 5) is 28.3. The third kappa shape index (κ3) is 8.62. The fraction of sp³-hybridized carbons (Fsp3) is 0.481. The number of carbonyl (C=O) groups excluding carboxylic acids is 2. The van der Waals surface area contributed by atoms with Crippen LogP contribution in [0.5, 0.6) is 0 Å². The topological polar surface area (TPSA) is 86.8 Å². The van der Waals surface area contributed by atoms with Crippen LogP contribution in [0.1, 0.15) is 57.4 Å². The normalized spacial score (nSPS) is 14.8. The highest BCUT2D eigenvalue weighted by Gasteiger charge is 2.30. The fourth-order valence-corrected chi connectivity index (χ4v) is 5.98. The molecular weight excluding hydrogens is 533 g/mol. The first kappa shape index (κ1) is 29.3. The van der Waals surface area contributed by atoms with Crippen LogP contribution >= 0.6 is 23.2 Å². The predicted octanol–water partition coefficient (Wildman–Crippen LogP) is 5.41. The van der Waals surface area contributed by atoms with Crippen molar-refractivity contribution in [1.82, 2.24) is 10.2 Å². The Balaban J connectivity index is 1.75. The maximum absolute atomic E-state index is 13.5. The summed E-state index contributed by atoms with van der Waals surface area (Å²) in [5.74, 6) is -0.351. The van der Waals surface area contributed by atoms with Gasteiger partial charge in [-0.25, -0.2) is 8.42 Å². The SMILES string of the molecule is CC[C@H](C(=O)NC1CCCC1)N(Cc1ccc(Cl)cc1)C(=O)CCCN(c1cccc(Cl)c1)S(C)(=O)=O. The van der Waals surface area contributed by atoms with Gasteiger partial charge in [0.05, 0.1) is 11.9 Å². The quantitative estimate of drug-likeness (QED) is 0.371. The van der Waals surface area contributed by atoms with Crippen LogP contribution in [0.4, 0.5) is 5.69 Å². The van der Waals surface area contributed by atoms with Gasteiger partial charge in [0.25, 0.3) is 0 Å². The number of halogens is 2. The summed E-state index contributed by atoms with van der Waals surface area (Å²) in [6.45, 7) is 2.27. The van der Waals surface area contributed by atoms with Crippen molar-refractivity contribution in [3.8, 4) is 0 Å². The van der Waals surface area contributed by atoms with Crippen LogP contribution in [-0.2, 0) is 26.2 Å². The minimum Gasteiger partial charge on any atom is -0.352 e. The van der Waals surface area contributed by atoms with Gasteiger partial charge in [-0.1, -0.05) is 61.2 Å². The minimum absolute atomic E-state index is 0.0907. The third-order valence-corrected chi connectivity index (χ3v) is 8.28. The van der Waals surface area contributed by atoms with Gasteiger partial charge in [-0.05, 0) is 61.6 Å². The first-order valence-electron chi connectivity index (χ1n) is 12.7. The molecule has 2 amide bonds. The van der Waals surface area contributed by atoms with E-state index in [-0.39, 0.29) is 43.8 Å². The van der Waals surface area contributed by atoms with Crippen LogP contribution in [0.15, 0.2) is 48.5 Å². The number of carbonyl (C=O) groups is 2. The first-order chi connectivity index (χ1) is 17.6. The summed E-state index contributed by atoms with van der Waals surface area (Å²) in [7, 11) is -3.58. The molecule has 3 rings (SSSR count). The average molecular weight is 569 g/mol. The Labute approximate surface area is 230 Å². The largest absolute Gasteiger partial charge is 0.352 e. The van der Waals surface area contributed by atoms with Gasteiger partial charge in [0.1, 0.15) is 6.04 Å². The Kier molecular flexibility index (Phi) is 10.7.